The molecule has 1 aromatic carbocycles. The normalized spacial score (nSPS) is 15.6. The number of carbonyl (C=O) groups is 1. The van der Waals surface area contributed by atoms with Crippen molar-refractivity contribution in [2.24, 2.45) is 0 Å². The van der Waals surface area contributed by atoms with Gasteiger partial charge in [-0.25, -0.2) is 0 Å². The molecule has 0 saturated carbocycles. The molecule has 0 unspecified atom stereocenters. The number of aliphatic hydroxyl groups excluding tert-OH is 1. The molecule has 0 aromatic heterocycles. The molecule has 0 spiro atoms. The Bertz CT molecular complexity index is 416. The Morgan fingerprint density at radius 3 is 3.18 bits per heavy atom. The zero-order chi connectivity index (χ0) is 12.3. The number of nitrogens with one attached hydrogen (secondary N) is 2. The third-order valence-electron chi connectivity index (χ3n) is 2.90. The summed E-state index contributed by atoms with van der Waals surface area (Å²) in [5.74, 6) is -0.105. The first-order valence-corrected chi connectivity index (χ1v) is 6.00. The van der Waals surface area contributed by atoms with Gasteiger partial charge >= 0.3 is 0 Å². The Balaban J connectivity index is 2.17. The van der Waals surface area contributed by atoms with Crippen molar-refractivity contribution in [3.8, 4) is 0 Å². The molecule has 2 rings (SSSR count). The second-order valence-electron chi connectivity index (χ2n) is 4.42. The van der Waals surface area contributed by atoms with Crippen molar-refractivity contribution in [2.75, 3.05) is 18.4 Å². The highest BCUT2D eigenvalue weighted by molar-refractivity contribution is 5.97. The third-order valence-corrected chi connectivity index (χ3v) is 2.90. The van der Waals surface area contributed by atoms with E-state index in [1.54, 1.807) is 6.92 Å². The fourth-order valence-corrected chi connectivity index (χ4v) is 2.06. The predicted octanol–water partition coefficient (Wildman–Crippen LogP) is 1.16. The average molecular weight is 234 g/mol. The van der Waals surface area contributed by atoms with Gasteiger partial charge < -0.3 is 15.7 Å². The van der Waals surface area contributed by atoms with Crippen molar-refractivity contribution >= 4 is 11.6 Å². The van der Waals surface area contributed by atoms with Gasteiger partial charge in [0, 0.05) is 24.3 Å². The van der Waals surface area contributed by atoms with E-state index in [1.807, 2.05) is 18.2 Å². The smallest absolute Gasteiger partial charge is 0.251 e. The van der Waals surface area contributed by atoms with Crippen molar-refractivity contribution in [3.05, 3.63) is 29.3 Å². The Hall–Kier alpha value is -1.55. The minimum atomic E-state index is -0.517. The largest absolute Gasteiger partial charge is 0.392 e. The second kappa shape index (κ2) is 5.19. The van der Waals surface area contributed by atoms with Crippen LogP contribution in [-0.4, -0.2) is 30.2 Å². The summed E-state index contributed by atoms with van der Waals surface area (Å²) in [6, 6.07) is 5.72. The summed E-state index contributed by atoms with van der Waals surface area (Å²) in [6.07, 6.45) is 1.46. The van der Waals surface area contributed by atoms with Gasteiger partial charge in [-0.05, 0) is 37.5 Å². The predicted molar refractivity (Wildman–Crippen MR) is 67.3 cm³/mol. The number of hydrogen-bond acceptors (Lipinski definition) is 3. The molecule has 0 radical (unpaired) electrons. The van der Waals surface area contributed by atoms with E-state index in [1.165, 1.54) is 0 Å². The maximum Gasteiger partial charge on any atom is 0.251 e. The van der Waals surface area contributed by atoms with Crippen molar-refractivity contribution < 1.29 is 9.90 Å². The van der Waals surface area contributed by atoms with Crippen LogP contribution in [0.3, 0.4) is 0 Å². The summed E-state index contributed by atoms with van der Waals surface area (Å²) < 4.78 is 0. The van der Waals surface area contributed by atoms with Crippen LogP contribution in [0.15, 0.2) is 18.2 Å². The fraction of sp³-hybridized carbons (Fsp3) is 0.462. The van der Waals surface area contributed by atoms with Gasteiger partial charge in [-0.15, -0.1) is 0 Å². The zero-order valence-corrected chi connectivity index (χ0v) is 9.99. The zero-order valence-electron chi connectivity index (χ0n) is 9.99. The van der Waals surface area contributed by atoms with Crippen LogP contribution in [-0.2, 0) is 6.42 Å². The van der Waals surface area contributed by atoms with Gasteiger partial charge in [-0.1, -0.05) is 6.07 Å². The minimum absolute atomic E-state index is 0.105. The van der Waals surface area contributed by atoms with Crippen LogP contribution in [0.1, 0.15) is 29.3 Å². The van der Waals surface area contributed by atoms with Gasteiger partial charge in [0.05, 0.1) is 6.10 Å². The lowest BCUT2D eigenvalue weighted by Gasteiger charge is -2.20. The molecule has 17 heavy (non-hydrogen) atoms. The second-order valence-corrected chi connectivity index (χ2v) is 4.42. The number of anilines is 1. The van der Waals surface area contributed by atoms with Crippen molar-refractivity contribution in [1.82, 2.24) is 5.32 Å². The molecular weight excluding hydrogens is 216 g/mol. The van der Waals surface area contributed by atoms with E-state index in [0.29, 0.717) is 0 Å². The van der Waals surface area contributed by atoms with Gasteiger partial charge in [-0.3, -0.25) is 4.79 Å². The maximum atomic E-state index is 12.0. The molecule has 0 saturated heterocycles. The van der Waals surface area contributed by atoms with E-state index >= 15 is 0 Å². The molecule has 1 aromatic rings. The van der Waals surface area contributed by atoms with Gasteiger partial charge in [-0.2, -0.15) is 0 Å². The molecule has 1 aliphatic heterocycles. The van der Waals surface area contributed by atoms with E-state index in [2.05, 4.69) is 10.6 Å². The van der Waals surface area contributed by atoms with E-state index in [4.69, 9.17) is 5.11 Å². The van der Waals surface area contributed by atoms with Crippen molar-refractivity contribution in [2.45, 2.75) is 25.9 Å². The van der Waals surface area contributed by atoms with E-state index < -0.39 is 6.10 Å². The summed E-state index contributed by atoms with van der Waals surface area (Å²) in [5.41, 5.74) is 2.86. The van der Waals surface area contributed by atoms with Gasteiger partial charge in [0.1, 0.15) is 0 Å². The first-order valence-electron chi connectivity index (χ1n) is 6.00. The Kier molecular flexibility index (Phi) is 3.64. The lowest BCUT2D eigenvalue weighted by atomic mass is 9.97. The number of amides is 1. The van der Waals surface area contributed by atoms with Crippen molar-refractivity contribution in [1.29, 1.82) is 0 Å². The molecule has 0 fully saturated rings. The maximum absolute atomic E-state index is 12.0. The van der Waals surface area contributed by atoms with Crippen LogP contribution in [0.4, 0.5) is 5.69 Å². The molecule has 4 nitrogen and oxygen atoms in total. The van der Waals surface area contributed by atoms with Crippen molar-refractivity contribution in [3.63, 3.8) is 0 Å². The molecule has 1 amide bonds. The lowest BCUT2D eigenvalue weighted by Crippen LogP contribution is -2.31. The third kappa shape index (κ3) is 2.77. The molecule has 1 aliphatic rings. The number of carbonyl (C=O) groups excluding carboxylic acids is 1. The SMILES string of the molecule is C[C@@H](O)CNC(=O)c1cccc2c1CCCN2. The molecule has 3 N–H and O–H groups in total. The van der Waals surface area contributed by atoms with Crippen LogP contribution in [0.25, 0.3) is 0 Å². The van der Waals surface area contributed by atoms with Crippen LogP contribution >= 0.6 is 0 Å². The van der Waals surface area contributed by atoms with Crippen LogP contribution in [0.5, 0.6) is 0 Å². The Morgan fingerprint density at radius 2 is 2.41 bits per heavy atom. The van der Waals surface area contributed by atoms with E-state index in [9.17, 15) is 4.79 Å². The number of fused-ring (bicyclic) bond motifs is 1. The van der Waals surface area contributed by atoms with Gasteiger partial charge in [0.25, 0.3) is 5.91 Å². The van der Waals surface area contributed by atoms with Crippen LogP contribution < -0.4 is 10.6 Å². The highest BCUT2D eigenvalue weighted by Crippen LogP contribution is 2.25. The molecule has 0 bridgehead atoms. The number of rotatable bonds is 3. The summed E-state index contributed by atoms with van der Waals surface area (Å²) >= 11 is 0. The number of aliphatic hydroxyl groups is 1. The summed E-state index contributed by atoms with van der Waals surface area (Å²) in [4.78, 5) is 12.0. The van der Waals surface area contributed by atoms with Gasteiger partial charge in [0.15, 0.2) is 0 Å². The van der Waals surface area contributed by atoms with Crippen LogP contribution in [0, 0.1) is 0 Å². The lowest BCUT2D eigenvalue weighted by molar-refractivity contribution is 0.0923. The fourth-order valence-electron chi connectivity index (χ4n) is 2.06. The number of hydrogen-bond donors (Lipinski definition) is 3. The summed E-state index contributed by atoms with van der Waals surface area (Å²) in [5, 5.41) is 15.2. The number of benzene rings is 1. The highest BCUT2D eigenvalue weighted by Gasteiger charge is 2.17. The first-order chi connectivity index (χ1) is 8.18. The molecule has 1 heterocycles. The minimum Gasteiger partial charge on any atom is -0.392 e. The van der Waals surface area contributed by atoms with Gasteiger partial charge in [0.2, 0.25) is 0 Å². The standard InChI is InChI=1S/C13H18N2O2/c1-9(16)8-15-13(17)11-4-2-6-12-10(11)5-3-7-14-12/h2,4,6,9,14,16H,3,5,7-8H2,1H3,(H,15,17)/t9-/m1/s1. The van der Waals surface area contributed by atoms with Crippen LogP contribution in [0.2, 0.25) is 0 Å². The molecule has 1 atom stereocenters. The molecule has 0 aliphatic carbocycles. The quantitative estimate of drug-likeness (QED) is 0.735. The van der Waals surface area contributed by atoms with E-state index in [0.717, 1.165) is 36.2 Å². The Morgan fingerprint density at radius 1 is 1.59 bits per heavy atom. The summed E-state index contributed by atoms with van der Waals surface area (Å²) in [6.45, 7) is 2.91. The summed E-state index contributed by atoms with van der Waals surface area (Å²) in [7, 11) is 0. The monoisotopic (exact) mass is 234 g/mol. The molecule has 92 valence electrons. The van der Waals surface area contributed by atoms with E-state index in [-0.39, 0.29) is 12.5 Å². The topological polar surface area (TPSA) is 61.4 Å². The first kappa shape index (κ1) is 11.9. The molecular formula is C13H18N2O2. The Labute approximate surface area is 101 Å². The highest BCUT2D eigenvalue weighted by atomic mass is 16.3. The molecule has 4 heteroatoms. The average Bonchev–Trinajstić information content (AvgIpc) is 2.35.